The van der Waals surface area contributed by atoms with E-state index in [2.05, 4.69) is 10.3 Å². The number of para-hydroxylation sites is 1. The number of ether oxygens (including phenoxy) is 1. The normalized spacial score (nSPS) is 24.0. The number of aliphatic imine (C=N–C) groups is 1. The van der Waals surface area contributed by atoms with Crippen LogP contribution in [0.2, 0.25) is 0 Å². The van der Waals surface area contributed by atoms with Crippen molar-refractivity contribution in [3.8, 4) is 0 Å². The predicted octanol–water partition coefficient (Wildman–Crippen LogP) is 2.13. The van der Waals surface area contributed by atoms with Crippen LogP contribution in [0.3, 0.4) is 0 Å². The zero-order valence-electron chi connectivity index (χ0n) is 9.48. The molecule has 0 unspecified atom stereocenters. The first-order chi connectivity index (χ1) is 8.28. The highest BCUT2D eigenvalue weighted by Crippen LogP contribution is 2.36. The van der Waals surface area contributed by atoms with Gasteiger partial charge in [-0.2, -0.15) is 4.99 Å². The average molecular weight is 230 g/mol. The van der Waals surface area contributed by atoms with Crippen molar-refractivity contribution in [3.63, 3.8) is 0 Å². The number of amidine groups is 1. The van der Waals surface area contributed by atoms with Gasteiger partial charge >= 0.3 is 0 Å². The second-order valence-electron chi connectivity index (χ2n) is 4.51. The third kappa shape index (κ3) is 1.79. The van der Waals surface area contributed by atoms with Gasteiger partial charge < -0.3 is 4.74 Å². The van der Waals surface area contributed by atoms with Gasteiger partial charge in [-0.05, 0) is 37.8 Å². The third-order valence-electron chi connectivity index (χ3n) is 3.32. The number of amides is 1. The fraction of sp³-hybridized carbons (Fsp3) is 0.385. The van der Waals surface area contributed by atoms with E-state index in [-0.39, 0.29) is 5.91 Å². The van der Waals surface area contributed by atoms with Crippen molar-refractivity contribution < 1.29 is 9.53 Å². The second kappa shape index (κ2) is 3.87. The van der Waals surface area contributed by atoms with Crippen LogP contribution < -0.4 is 5.32 Å². The van der Waals surface area contributed by atoms with E-state index >= 15 is 0 Å². The molecule has 1 aromatic carbocycles. The van der Waals surface area contributed by atoms with Crippen molar-refractivity contribution in [3.05, 3.63) is 30.3 Å². The predicted molar refractivity (Wildman–Crippen MR) is 64.0 cm³/mol. The van der Waals surface area contributed by atoms with Crippen LogP contribution in [0.25, 0.3) is 0 Å². The van der Waals surface area contributed by atoms with E-state index in [9.17, 15) is 4.79 Å². The van der Waals surface area contributed by atoms with Crippen LogP contribution in [0.15, 0.2) is 35.3 Å². The molecule has 4 nitrogen and oxygen atoms in total. The number of nitrogens with one attached hydrogen (secondary N) is 1. The molecular formula is C13H14N2O2. The maximum absolute atomic E-state index is 11.9. The minimum atomic E-state index is -0.631. The Kier molecular flexibility index (Phi) is 2.35. The van der Waals surface area contributed by atoms with Gasteiger partial charge in [0.1, 0.15) is 0 Å². The maximum Gasteiger partial charge on any atom is 0.297 e. The summed E-state index contributed by atoms with van der Waals surface area (Å²) in [7, 11) is 0. The maximum atomic E-state index is 11.9. The van der Waals surface area contributed by atoms with Crippen molar-refractivity contribution in [2.24, 2.45) is 4.99 Å². The van der Waals surface area contributed by atoms with Gasteiger partial charge in [0.15, 0.2) is 5.60 Å². The van der Waals surface area contributed by atoms with E-state index in [1.807, 2.05) is 30.3 Å². The summed E-state index contributed by atoms with van der Waals surface area (Å²) in [6.45, 7) is 0. The van der Waals surface area contributed by atoms with Gasteiger partial charge in [-0.1, -0.05) is 18.2 Å². The van der Waals surface area contributed by atoms with Crippen LogP contribution in [0, 0.1) is 0 Å². The quantitative estimate of drug-likeness (QED) is 0.803. The number of carbonyl (C=O) groups is 1. The molecule has 3 rings (SSSR count). The van der Waals surface area contributed by atoms with E-state index in [0.29, 0.717) is 6.02 Å². The lowest BCUT2D eigenvalue weighted by atomic mass is 10.0. The van der Waals surface area contributed by atoms with Crippen molar-refractivity contribution in [1.29, 1.82) is 0 Å². The molecule has 0 aromatic heterocycles. The van der Waals surface area contributed by atoms with E-state index < -0.39 is 5.60 Å². The van der Waals surface area contributed by atoms with Crippen molar-refractivity contribution in [2.75, 3.05) is 0 Å². The first-order valence-corrected chi connectivity index (χ1v) is 5.93. The minimum absolute atomic E-state index is 0.0373. The second-order valence-corrected chi connectivity index (χ2v) is 4.51. The van der Waals surface area contributed by atoms with Gasteiger partial charge in [0, 0.05) is 0 Å². The SMILES string of the molecule is O=C1NC(=Nc2ccccc2)OC12CCCC2. The molecular weight excluding hydrogens is 216 g/mol. The molecule has 88 valence electrons. The fourth-order valence-electron chi connectivity index (χ4n) is 2.41. The van der Waals surface area contributed by atoms with Crippen molar-refractivity contribution in [1.82, 2.24) is 5.32 Å². The molecule has 1 heterocycles. The van der Waals surface area contributed by atoms with Crippen LogP contribution in [-0.2, 0) is 9.53 Å². The van der Waals surface area contributed by atoms with Gasteiger partial charge in [0.2, 0.25) is 0 Å². The standard InChI is InChI=1S/C13H14N2O2/c16-11-13(8-4-5-9-13)17-12(15-11)14-10-6-2-1-3-7-10/h1-3,6-7H,4-5,8-9H2,(H,14,15,16). The van der Waals surface area contributed by atoms with E-state index in [1.165, 1.54) is 0 Å². The molecule has 2 fully saturated rings. The summed E-state index contributed by atoms with van der Waals surface area (Å²) in [4.78, 5) is 16.2. The lowest BCUT2D eigenvalue weighted by molar-refractivity contribution is -0.130. The number of rotatable bonds is 1. The summed E-state index contributed by atoms with van der Waals surface area (Å²) in [6.07, 6.45) is 3.69. The average Bonchev–Trinajstić information content (AvgIpc) is 2.90. The van der Waals surface area contributed by atoms with Gasteiger partial charge in [0.05, 0.1) is 5.69 Å². The Morgan fingerprint density at radius 3 is 2.59 bits per heavy atom. The monoisotopic (exact) mass is 230 g/mol. The zero-order chi connectivity index (χ0) is 11.7. The Morgan fingerprint density at radius 1 is 1.18 bits per heavy atom. The first kappa shape index (κ1) is 10.3. The van der Waals surface area contributed by atoms with E-state index in [0.717, 1.165) is 31.4 Å². The number of benzene rings is 1. The lowest BCUT2D eigenvalue weighted by Crippen LogP contribution is -2.35. The smallest absolute Gasteiger partial charge is 0.297 e. The first-order valence-electron chi connectivity index (χ1n) is 5.93. The Balaban J connectivity index is 1.84. The van der Waals surface area contributed by atoms with Gasteiger partial charge in [0.25, 0.3) is 11.9 Å². The van der Waals surface area contributed by atoms with Crippen LogP contribution in [0.1, 0.15) is 25.7 Å². The zero-order valence-corrected chi connectivity index (χ0v) is 9.48. The molecule has 0 bridgehead atoms. The molecule has 1 aliphatic heterocycles. The molecule has 1 aromatic rings. The summed E-state index contributed by atoms with van der Waals surface area (Å²) < 4.78 is 5.72. The van der Waals surface area contributed by atoms with E-state index in [4.69, 9.17) is 4.74 Å². The molecule has 1 saturated heterocycles. The third-order valence-corrected chi connectivity index (χ3v) is 3.32. The molecule has 4 heteroatoms. The van der Waals surface area contributed by atoms with Gasteiger partial charge in [-0.25, -0.2) is 0 Å². The van der Waals surface area contributed by atoms with Crippen molar-refractivity contribution in [2.45, 2.75) is 31.3 Å². The minimum Gasteiger partial charge on any atom is -0.448 e. The molecule has 2 aliphatic rings. The molecule has 1 N–H and O–H groups in total. The van der Waals surface area contributed by atoms with Crippen LogP contribution in [-0.4, -0.2) is 17.5 Å². The van der Waals surface area contributed by atoms with E-state index in [1.54, 1.807) is 0 Å². The molecule has 0 radical (unpaired) electrons. The number of hydrogen-bond donors (Lipinski definition) is 1. The largest absolute Gasteiger partial charge is 0.448 e. The van der Waals surface area contributed by atoms with Gasteiger partial charge in [-0.3, -0.25) is 10.1 Å². The topological polar surface area (TPSA) is 50.7 Å². The Labute approximate surface area is 99.7 Å². The molecule has 1 amide bonds. The molecule has 17 heavy (non-hydrogen) atoms. The van der Waals surface area contributed by atoms with Crippen molar-refractivity contribution >= 4 is 17.6 Å². The summed E-state index contributed by atoms with van der Waals surface area (Å²) in [6, 6.07) is 9.83. The molecule has 0 atom stereocenters. The number of carbonyl (C=O) groups excluding carboxylic acids is 1. The van der Waals surface area contributed by atoms with Gasteiger partial charge in [-0.15, -0.1) is 0 Å². The Bertz CT molecular complexity index is 462. The fourth-order valence-corrected chi connectivity index (χ4v) is 2.41. The highest BCUT2D eigenvalue weighted by molar-refractivity contribution is 6.05. The number of hydrogen-bond acceptors (Lipinski definition) is 3. The molecule has 1 saturated carbocycles. The lowest BCUT2D eigenvalue weighted by Gasteiger charge is -2.17. The summed E-state index contributed by atoms with van der Waals surface area (Å²) >= 11 is 0. The van der Waals surface area contributed by atoms with Crippen LogP contribution >= 0.6 is 0 Å². The Hall–Kier alpha value is -1.84. The summed E-state index contributed by atoms with van der Waals surface area (Å²) in [5, 5.41) is 2.72. The Morgan fingerprint density at radius 2 is 1.88 bits per heavy atom. The summed E-state index contributed by atoms with van der Waals surface area (Å²) in [5.41, 5.74) is 0.158. The van der Waals surface area contributed by atoms with Crippen LogP contribution in [0.4, 0.5) is 5.69 Å². The highest BCUT2D eigenvalue weighted by atomic mass is 16.5. The molecule has 1 spiro atoms. The number of nitrogens with zero attached hydrogens (tertiary/aromatic N) is 1. The summed E-state index contributed by atoms with van der Waals surface area (Å²) in [5.74, 6) is -0.0373. The molecule has 1 aliphatic carbocycles. The van der Waals surface area contributed by atoms with Crippen LogP contribution in [0.5, 0.6) is 0 Å². The highest BCUT2D eigenvalue weighted by Gasteiger charge is 2.49.